The van der Waals surface area contributed by atoms with E-state index < -0.39 is 11.4 Å². The zero-order chi connectivity index (χ0) is 23.7. The molecule has 0 amide bonds. The first-order valence-electron chi connectivity index (χ1n) is 13.1. The van der Waals surface area contributed by atoms with E-state index in [2.05, 4.69) is 10.2 Å². The van der Waals surface area contributed by atoms with Crippen LogP contribution in [0.2, 0.25) is 5.02 Å². The van der Waals surface area contributed by atoms with Gasteiger partial charge in [-0.3, -0.25) is 4.90 Å². The predicted molar refractivity (Wildman–Crippen MR) is 134 cm³/mol. The quantitative estimate of drug-likeness (QED) is 0.351. The van der Waals surface area contributed by atoms with E-state index in [0.29, 0.717) is 31.2 Å². The van der Waals surface area contributed by atoms with Crippen LogP contribution < -0.4 is 5.32 Å². The first-order chi connectivity index (χ1) is 16.0. The Morgan fingerprint density at radius 2 is 2.03 bits per heavy atom. The molecule has 0 bridgehead atoms. The number of aliphatic hydroxyl groups is 1. The molecule has 1 saturated heterocycles. The number of benzene rings is 1. The molecule has 3 atom stereocenters. The van der Waals surface area contributed by atoms with Gasteiger partial charge in [0.1, 0.15) is 5.82 Å². The summed E-state index contributed by atoms with van der Waals surface area (Å²) < 4.78 is 20.7. The van der Waals surface area contributed by atoms with Crippen LogP contribution in [-0.4, -0.2) is 55.9 Å². The second kappa shape index (κ2) is 13.4. The summed E-state index contributed by atoms with van der Waals surface area (Å²) in [5.41, 5.74) is -0.864. The lowest BCUT2D eigenvalue weighted by Gasteiger charge is -2.46. The highest BCUT2D eigenvalue weighted by Gasteiger charge is 2.43. The second-order valence-electron chi connectivity index (χ2n) is 10.1. The van der Waals surface area contributed by atoms with Crippen LogP contribution in [0.1, 0.15) is 76.7 Å². The van der Waals surface area contributed by atoms with Gasteiger partial charge in [-0.2, -0.15) is 0 Å². The van der Waals surface area contributed by atoms with Gasteiger partial charge in [0.15, 0.2) is 0 Å². The molecule has 0 aromatic heterocycles. The van der Waals surface area contributed by atoms with E-state index in [1.165, 1.54) is 32.1 Å². The monoisotopic (exact) mass is 482 g/mol. The summed E-state index contributed by atoms with van der Waals surface area (Å²) in [6, 6.07) is 5.52. The first kappa shape index (κ1) is 26.9. The number of nitrogens with zero attached hydrogens (tertiary/aromatic N) is 1. The molecule has 1 saturated carbocycles. The average Bonchev–Trinajstić information content (AvgIpc) is 3.33. The lowest BCUT2D eigenvalue weighted by atomic mass is 9.73. The van der Waals surface area contributed by atoms with Gasteiger partial charge < -0.3 is 15.2 Å². The van der Waals surface area contributed by atoms with E-state index in [-0.39, 0.29) is 10.9 Å². The molecule has 1 heterocycles. The highest BCUT2D eigenvalue weighted by Crippen LogP contribution is 2.42. The normalized spacial score (nSPS) is 23.0. The van der Waals surface area contributed by atoms with Crippen molar-refractivity contribution in [3.05, 3.63) is 34.6 Å². The van der Waals surface area contributed by atoms with E-state index in [1.54, 1.807) is 18.2 Å². The van der Waals surface area contributed by atoms with E-state index in [9.17, 15) is 5.11 Å². The zero-order valence-electron chi connectivity index (χ0n) is 20.6. The number of piperidine rings is 1. The first-order valence-corrected chi connectivity index (χ1v) is 13.5. The summed E-state index contributed by atoms with van der Waals surface area (Å²) in [4.78, 5) is 2.57. The lowest BCUT2D eigenvalue weighted by Crippen LogP contribution is -2.52. The number of hydrogen-bond acceptors (Lipinski definition) is 4. The Morgan fingerprint density at radius 1 is 1.24 bits per heavy atom. The molecule has 0 radical (unpaired) electrons. The second-order valence-corrected chi connectivity index (χ2v) is 10.5. The molecule has 1 aliphatic heterocycles. The highest BCUT2D eigenvalue weighted by molar-refractivity contribution is 6.30. The number of nitrogens with one attached hydrogen (secondary N) is 1. The highest BCUT2D eigenvalue weighted by atomic mass is 35.5. The summed E-state index contributed by atoms with van der Waals surface area (Å²) in [5, 5.41) is 15.6. The van der Waals surface area contributed by atoms with E-state index in [0.717, 1.165) is 51.2 Å². The fourth-order valence-corrected chi connectivity index (χ4v) is 6.27. The summed E-state index contributed by atoms with van der Waals surface area (Å²) in [7, 11) is 2.03. The van der Waals surface area contributed by atoms with Crippen molar-refractivity contribution >= 4 is 11.6 Å². The molecule has 33 heavy (non-hydrogen) atoms. The molecular weight excluding hydrogens is 439 g/mol. The minimum atomic E-state index is -1.22. The van der Waals surface area contributed by atoms with Crippen molar-refractivity contribution in [3.63, 3.8) is 0 Å². The average molecular weight is 483 g/mol. The predicted octanol–water partition coefficient (Wildman–Crippen LogP) is 5.75. The van der Waals surface area contributed by atoms with Crippen LogP contribution in [0, 0.1) is 17.7 Å². The van der Waals surface area contributed by atoms with Crippen LogP contribution in [0.4, 0.5) is 4.39 Å². The van der Waals surface area contributed by atoms with Gasteiger partial charge in [0.25, 0.3) is 0 Å². The third kappa shape index (κ3) is 7.14. The van der Waals surface area contributed by atoms with Crippen molar-refractivity contribution in [2.45, 2.75) is 82.8 Å². The van der Waals surface area contributed by atoms with Crippen molar-refractivity contribution in [2.24, 2.45) is 11.8 Å². The van der Waals surface area contributed by atoms with Crippen molar-refractivity contribution in [1.29, 1.82) is 0 Å². The molecule has 2 fully saturated rings. The van der Waals surface area contributed by atoms with Crippen LogP contribution in [0.15, 0.2) is 18.2 Å². The maximum atomic E-state index is 15.2. The topological polar surface area (TPSA) is 44.7 Å². The standard InChI is InChI=1S/C27H44ClFN2O2/c1-3-33-17-7-6-15-27(32,24-13-8-14-25(28)26(24)29)22-12-9-16-31(20-22)23(19-30-2)18-21-10-4-5-11-21/h8,13-14,21-23,30,32H,3-7,9-12,15-20H2,1-2H3. The number of likely N-dealkylation sites (tertiary alicyclic amines) is 1. The van der Waals surface area contributed by atoms with Crippen LogP contribution in [0.3, 0.4) is 0 Å². The van der Waals surface area contributed by atoms with Gasteiger partial charge in [0.2, 0.25) is 0 Å². The SMILES string of the molecule is CCOCCCCC(O)(c1cccc(Cl)c1F)C1CCCN(C(CNC)CC2CCCC2)C1. The molecule has 1 aromatic carbocycles. The summed E-state index contributed by atoms with van der Waals surface area (Å²) in [6.45, 7) is 6.16. The zero-order valence-corrected chi connectivity index (χ0v) is 21.4. The van der Waals surface area contributed by atoms with Gasteiger partial charge in [-0.05, 0) is 71.0 Å². The van der Waals surface area contributed by atoms with Crippen molar-refractivity contribution in [1.82, 2.24) is 10.2 Å². The third-order valence-electron chi connectivity index (χ3n) is 7.88. The van der Waals surface area contributed by atoms with Gasteiger partial charge in [-0.15, -0.1) is 0 Å². The Labute approximate surface area is 205 Å². The molecule has 0 spiro atoms. The number of likely N-dealkylation sites (N-methyl/N-ethyl adjacent to an activating group) is 1. The van der Waals surface area contributed by atoms with Crippen LogP contribution in [0.5, 0.6) is 0 Å². The third-order valence-corrected chi connectivity index (χ3v) is 8.18. The van der Waals surface area contributed by atoms with E-state index in [1.807, 2.05) is 14.0 Å². The Balaban J connectivity index is 1.78. The molecular formula is C27H44ClFN2O2. The maximum absolute atomic E-state index is 15.2. The Bertz CT molecular complexity index is 715. The fourth-order valence-electron chi connectivity index (χ4n) is 6.10. The molecule has 4 nitrogen and oxygen atoms in total. The summed E-state index contributed by atoms with van der Waals surface area (Å²) in [5.74, 6) is 0.321. The van der Waals surface area contributed by atoms with Crippen LogP contribution in [0.25, 0.3) is 0 Å². The molecule has 188 valence electrons. The molecule has 2 N–H and O–H groups in total. The molecule has 2 aliphatic rings. The Kier molecular flexibility index (Phi) is 10.9. The number of rotatable bonds is 13. The molecule has 3 unspecified atom stereocenters. The largest absolute Gasteiger partial charge is 0.385 e. The number of unbranched alkanes of at least 4 members (excludes halogenated alkanes) is 1. The fraction of sp³-hybridized carbons (Fsp3) is 0.778. The van der Waals surface area contributed by atoms with Crippen LogP contribution >= 0.6 is 11.6 Å². The van der Waals surface area contributed by atoms with Crippen molar-refractivity contribution in [3.8, 4) is 0 Å². The van der Waals surface area contributed by atoms with Gasteiger partial charge >= 0.3 is 0 Å². The molecule has 1 aliphatic carbocycles. The molecule has 1 aromatic rings. The molecule has 6 heteroatoms. The smallest absolute Gasteiger partial charge is 0.147 e. The summed E-state index contributed by atoms with van der Waals surface area (Å²) >= 11 is 6.15. The minimum Gasteiger partial charge on any atom is -0.385 e. The van der Waals surface area contributed by atoms with Gasteiger partial charge in [0.05, 0.1) is 10.6 Å². The van der Waals surface area contributed by atoms with E-state index >= 15 is 4.39 Å². The van der Waals surface area contributed by atoms with Gasteiger partial charge in [0, 0.05) is 43.8 Å². The Hall–Kier alpha value is -0.720. The van der Waals surface area contributed by atoms with E-state index in [4.69, 9.17) is 16.3 Å². The molecule has 3 rings (SSSR count). The minimum absolute atomic E-state index is 0.0192. The maximum Gasteiger partial charge on any atom is 0.147 e. The van der Waals surface area contributed by atoms with Gasteiger partial charge in [-0.25, -0.2) is 4.39 Å². The number of ether oxygens (including phenoxy) is 1. The number of halogens is 2. The summed E-state index contributed by atoms with van der Waals surface area (Å²) in [6.07, 6.45) is 10.7. The van der Waals surface area contributed by atoms with Gasteiger partial charge in [-0.1, -0.05) is 49.4 Å². The Morgan fingerprint density at radius 3 is 2.76 bits per heavy atom. The van der Waals surface area contributed by atoms with Crippen molar-refractivity contribution < 1.29 is 14.2 Å². The van der Waals surface area contributed by atoms with Crippen LogP contribution in [-0.2, 0) is 10.3 Å². The number of hydrogen-bond donors (Lipinski definition) is 2. The van der Waals surface area contributed by atoms with Crippen molar-refractivity contribution in [2.75, 3.05) is 39.9 Å². The lowest BCUT2D eigenvalue weighted by molar-refractivity contribution is -0.0710.